The first-order chi connectivity index (χ1) is 16.9. The first kappa shape index (κ1) is 23.5. The molecule has 5 rings (SSSR count). The van der Waals surface area contributed by atoms with Gasteiger partial charge in [-0.05, 0) is 24.6 Å². The van der Waals surface area contributed by atoms with E-state index < -0.39 is 0 Å². The van der Waals surface area contributed by atoms with E-state index in [2.05, 4.69) is 36.3 Å². The third-order valence-corrected chi connectivity index (χ3v) is 7.40. The third kappa shape index (κ3) is 4.94. The number of benzene rings is 1. The number of aromatic nitrogens is 6. The lowest BCUT2D eigenvalue weighted by atomic mass is 10.2. The molecular formula is C23H22BrN7O3S. The highest BCUT2D eigenvalue weighted by Crippen LogP contribution is 2.31. The van der Waals surface area contributed by atoms with Crippen LogP contribution in [-0.4, -0.2) is 47.1 Å². The zero-order chi connectivity index (χ0) is 24.5. The highest BCUT2D eigenvalue weighted by Gasteiger charge is 2.27. The Labute approximate surface area is 212 Å². The number of hydrogen-bond donors (Lipinski definition) is 1. The molecule has 0 radical (unpaired) electrons. The maximum absolute atomic E-state index is 12.9. The quantitative estimate of drug-likeness (QED) is 0.347. The lowest BCUT2D eigenvalue weighted by Crippen LogP contribution is -2.32. The second-order valence-electron chi connectivity index (χ2n) is 8.32. The van der Waals surface area contributed by atoms with E-state index in [9.17, 15) is 14.4 Å². The molecule has 35 heavy (non-hydrogen) atoms. The van der Waals surface area contributed by atoms with E-state index >= 15 is 0 Å². The number of hydrogen-bond acceptors (Lipinski definition) is 7. The van der Waals surface area contributed by atoms with E-state index in [1.807, 2.05) is 24.3 Å². The van der Waals surface area contributed by atoms with Gasteiger partial charge >= 0.3 is 0 Å². The molecule has 1 atom stereocenters. The molecule has 4 aromatic rings. The summed E-state index contributed by atoms with van der Waals surface area (Å²) in [6, 6.07) is 9.03. The highest BCUT2D eigenvalue weighted by atomic mass is 79.9. The van der Waals surface area contributed by atoms with Gasteiger partial charge in [-0.25, -0.2) is 14.6 Å². The van der Waals surface area contributed by atoms with Crippen molar-refractivity contribution < 1.29 is 4.79 Å². The first-order valence-corrected chi connectivity index (χ1v) is 12.8. The summed E-state index contributed by atoms with van der Waals surface area (Å²) in [5, 5.41) is 8.26. The van der Waals surface area contributed by atoms with E-state index in [1.165, 1.54) is 30.4 Å². The summed E-state index contributed by atoms with van der Waals surface area (Å²) in [5.74, 6) is 0.483. The van der Waals surface area contributed by atoms with Crippen molar-refractivity contribution in [2.75, 3.05) is 12.3 Å². The second kappa shape index (κ2) is 9.78. The summed E-state index contributed by atoms with van der Waals surface area (Å²) < 4.78 is 5.73. The molecule has 1 amide bonds. The lowest BCUT2D eigenvalue weighted by Gasteiger charge is -2.13. The van der Waals surface area contributed by atoms with Crippen LogP contribution in [0.3, 0.4) is 0 Å². The number of halogens is 1. The smallest absolute Gasteiger partial charge is 0.264 e. The van der Waals surface area contributed by atoms with Gasteiger partial charge in [-0.1, -0.05) is 39.8 Å². The topological polar surface area (TPSA) is 117 Å². The number of nitrogens with zero attached hydrogens (tertiary/aromatic N) is 6. The van der Waals surface area contributed by atoms with Gasteiger partial charge in [0.1, 0.15) is 11.7 Å². The second-order valence-corrected chi connectivity index (χ2v) is 10.2. The molecule has 0 bridgehead atoms. The summed E-state index contributed by atoms with van der Waals surface area (Å²) in [6.07, 6.45) is 3.23. The molecule has 12 heteroatoms. The SMILES string of the molecule is Cc1cc(=O)n2c(n1)SCC2CC(=O)NCCn1ncc2c(=O)n(Cc3ccc(Br)cc3)cnc21. The minimum absolute atomic E-state index is 0.129. The van der Waals surface area contributed by atoms with Gasteiger partial charge in [0.05, 0.1) is 25.3 Å². The Hall–Kier alpha value is -3.25. The molecule has 10 nitrogen and oxygen atoms in total. The van der Waals surface area contributed by atoms with Crippen molar-refractivity contribution in [2.24, 2.45) is 0 Å². The number of thioether (sulfide) groups is 1. The van der Waals surface area contributed by atoms with Gasteiger partial charge in [0, 0.05) is 35.0 Å². The standard InChI is InChI=1S/C23H22BrN7O3S/c1-14-8-20(33)31-17(12-35-23(31)28-14)9-19(32)25-6-7-30-21-18(10-27-30)22(34)29(13-26-21)11-15-2-4-16(24)5-3-15/h2-5,8,10,13,17H,6-7,9,11-12H2,1H3,(H,25,32). The maximum Gasteiger partial charge on any atom is 0.264 e. The maximum atomic E-state index is 12.9. The Morgan fingerprint density at radius 2 is 2.06 bits per heavy atom. The molecule has 4 heterocycles. The fourth-order valence-electron chi connectivity index (χ4n) is 4.06. The number of amides is 1. The number of fused-ring (bicyclic) bond motifs is 2. The predicted octanol–water partition coefficient (Wildman–Crippen LogP) is 2.12. The Balaban J connectivity index is 1.21. The van der Waals surface area contributed by atoms with Crippen LogP contribution >= 0.6 is 27.7 Å². The van der Waals surface area contributed by atoms with E-state index in [0.717, 1.165) is 10.0 Å². The van der Waals surface area contributed by atoms with Crippen molar-refractivity contribution >= 4 is 44.6 Å². The monoisotopic (exact) mass is 555 g/mol. The van der Waals surface area contributed by atoms with Crippen molar-refractivity contribution in [3.63, 3.8) is 0 Å². The number of nitrogens with one attached hydrogen (secondary N) is 1. The average Bonchev–Trinajstić information content (AvgIpc) is 3.42. The number of aryl methyl sites for hydroxylation is 1. The molecule has 1 N–H and O–H groups in total. The Morgan fingerprint density at radius 1 is 1.26 bits per heavy atom. The minimum Gasteiger partial charge on any atom is -0.354 e. The van der Waals surface area contributed by atoms with Crippen LogP contribution in [0.25, 0.3) is 11.0 Å². The van der Waals surface area contributed by atoms with Crippen molar-refractivity contribution in [1.29, 1.82) is 0 Å². The van der Waals surface area contributed by atoms with Crippen LogP contribution in [0.1, 0.15) is 23.7 Å². The third-order valence-electron chi connectivity index (χ3n) is 5.77. The van der Waals surface area contributed by atoms with Crippen molar-refractivity contribution in [2.45, 2.75) is 37.6 Å². The molecule has 1 unspecified atom stereocenters. The largest absolute Gasteiger partial charge is 0.354 e. The molecule has 0 fully saturated rings. The van der Waals surface area contributed by atoms with Crippen LogP contribution in [0.15, 0.2) is 62.1 Å². The fraction of sp³-hybridized carbons (Fsp3) is 0.304. The molecule has 0 saturated carbocycles. The predicted molar refractivity (Wildman–Crippen MR) is 136 cm³/mol. The van der Waals surface area contributed by atoms with Crippen molar-refractivity contribution in [1.82, 2.24) is 34.2 Å². The van der Waals surface area contributed by atoms with E-state index in [4.69, 9.17) is 0 Å². The first-order valence-electron chi connectivity index (χ1n) is 11.0. The van der Waals surface area contributed by atoms with Gasteiger partial charge in [0.25, 0.3) is 11.1 Å². The summed E-state index contributed by atoms with van der Waals surface area (Å²) in [7, 11) is 0. The zero-order valence-corrected chi connectivity index (χ0v) is 21.3. The minimum atomic E-state index is -0.216. The molecule has 180 valence electrons. The van der Waals surface area contributed by atoms with Gasteiger partial charge in [-0.2, -0.15) is 5.10 Å². The summed E-state index contributed by atoms with van der Waals surface area (Å²) >= 11 is 4.90. The van der Waals surface area contributed by atoms with Crippen LogP contribution in [-0.2, 0) is 17.9 Å². The molecule has 0 spiro atoms. The van der Waals surface area contributed by atoms with Gasteiger partial charge < -0.3 is 5.32 Å². The highest BCUT2D eigenvalue weighted by molar-refractivity contribution is 9.10. The van der Waals surface area contributed by atoms with Gasteiger partial charge in [0.2, 0.25) is 5.91 Å². The molecule has 0 aliphatic carbocycles. The Bertz CT molecular complexity index is 1530. The van der Waals surface area contributed by atoms with Gasteiger partial charge in [0.15, 0.2) is 10.8 Å². The number of carbonyl (C=O) groups excluding carboxylic acids is 1. The molecular weight excluding hydrogens is 534 g/mol. The summed E-state index contributed by atoms with van der Waals surface area (Å²) in [5.41, 5.74) is 1.85. The molecule has 1 aromatic carbocycles. The average molecular weight is 556 g/mol. The van der Waals surface area contributed by atoms with Crippen LogP contribution in [0.4, 0.5) is 0 Å². The van der Waals surface area contributed by atoms with Gasteiger partial charge in [-0.15, -0.1) is 0 Å². The molecule has 1 aliphatic heterocycles. The fourth-order valence-corrected chi connectivity index (χ4v) is 5.52. The van der Waals surface area contributed by atoms with Crippen LogP contribution in [0.2, 0.25) is 0 Å². The summed E-state index contributed by atoms with van der Waals surface area (Å²) in [6.45, 7) is 2.90. The van der Waals surface area contributed by atoms with E-state index in [0.29, 0.717) is 47.3 Å². The van der Waals surface area contributed by atoms with E-state index in [-0.39, 0.29) is 29.5 Å². The number of carbonyl (C=O) groups is 1. The molecule has 1 aliphatic rings. The normalized spacial score (nSPS) is 14.9. The van der Waals surface area contributed by atoms with Crippen LogP contribution in [0, 0.1) is 6.92 Å². The molecule has 0 saturated heterocycles. The lowest BCUT2D eigenvalue weighted by molar-refractivity contribution is -0.121. The Morgan fingerprint density at radius 3 is 2.86 bits per heavy atom. The van der Waals surface area contributed by atoms with Gasteiger partial charge in [-0.3, -0.25) is 23.5 Å². The zero-order valence-electron chi connectivity index (χ0n) is 18.8. The molecule has 3 aromatic heterocycles. The number of rotatable bonds is 7. The van der Waals surface area contributed by atoms with E-state index in [1.54, 1.807) is 20.7 Å². The van der Waals surface area contributed by atoms with Crippen molar-refractivity contribution in [3.05, 3.63) is 79.3 Å². The van der Waals surface area contributed by atoms with Crippen LogP contribution in [0.5, 0.6) is 0 Å². The summed E-state index contributed by atoms with van der Waals surface area (Å²) in [4.78, 5) is 46.5. The van der Waals surface area contributed by atoms with Crippen molar-refractivity contribution in [3.8, 4) is 0 Å². The Kier molecular flexibility index (Phi) is 6.56. The van der Waals surface area contributed by atoms with Crippen LogP contribution < -0.4 is 16.4 Å².